The fourth-order valence-electron chi connectivity index (χ4n) is 8.49. The summed E-state index contributed by atoms with van der Waals surface area (Å²) in [6.45, 7) is 8.39. The summed E-state index contributed by atoms with van der Waals surface area (Å²) in [4.78, 5) is 35.3. The number of likely N-dealkylation sites (N-methyl/N-ethyl adjacent to an activating group) is 1. The Morgan fingerprint density at radius 1 is 0.597 bits per heavy atom. The Morgan fingerprint density at radius 3 is 1.78 bits per heavy atom. The second-order valence-corrected chi connectivity index (χ2v) is 16.7. The summed E-state index contributed by atoms with van der Waals surface area (Å²) < 4.78 is 13.7. The van der Waals surface area contributed by atoms with Gasteiger partial charge in [-0.2, -0.15) is 0 Å². The number of nitrogens with zero attached hydrogens (tertiary/aromatic N) is 8. The van der Waals surface area contributed by atoms with Crippen molar-refractivity contribution in [1.82, 2.24) is 34.6 Å². The summed E-state index contributed by atoms with van der Waals surface area (Å²) in [6, 6.07) is 34.3. The minimum atomic E-state index is -0.139. The van der Waals surface area contributed by atoms with Crippen molar-refractivity contribution in [1.29, 1.82) is 0 Å². The van der Waals surface area contributed by atoms with E-state index in [2.05, 4.69) is 117 Å². The molecule has 9 rings (SSSR count). The second-order valence-electron chi connectivity index (χ2n) is 16.7. The molecular formula is C51H57N13O3. The van der Waals surface area contributed by atoms with Crippen molar-refractivity contribution in [2.75, 3.05) is 112 Å². The lowest BCUT2D eigenvalue weighted by Crippen LogP contribution is -2.46. The first-order valence-corrected chi connectivity index (χ1v) is 22.5. The van der Waals surface area contributed by atoms with Crippen LogP contribution in [0, 0.1) is 0 Å². The first-order valence-electron chi connectivity index (χ1n) is 22.5. The predicted octanol–water partition coefficient (Wildman–Crippen LogP) is 8.09. The number of carbonyl (C=O) groups is 1. The number of rotatable bonds is 16. The molecule has 2 aliphatic heterocycles. The van der Waals surface area contributed by atoms with Gasteiger partial charge in [0.25, 0.3) is 5.91 Å². The Kier molecular flexibility index (Phi) is 13.6. The molecule has 0 aliphatic carbocycles. The van der Waals surface area contributed by atoms with Crippen molar-refractivity contribution in [3.8, 4) is 17.2 Å². The first-order chi connectivity index (χ1) is 32.8. The molecule has 0 bridgehead atoms. The van der Waals surface area contributed by atoms with Crippen LogP contribution in [0.2, 0.25) is 0 Å². The summed E-state index contributed by atoms with van der Waals surface area (Å²) in [5, 5.41) is 16.6. The number of imidazole rings is 1. The van der Waals surface area contributed by atoms with Crippen LogP contribution in [0.4, 0.5) is 57.1 Å². The molecule has 0 unspecified atom stereocenters. The molecule has 16 heteroatoms. The van der Waals surface area contributed by atoms with Crippen LogP contribution in [0.3, 0.4) is 0 Å². The number of pyridine rings is 2. The summed E-state index contributed by atoms with van der Waals surface area (Å²) in [5.41, 5.74) is 10.2. The number of piperazine rings is 2. The van der Waals surface area contributed by atoms with Gasteiger partial charge in [0.15, 0.2) is 0 Å². The molecule has 7 aromatic rings. The Labute approximate surface area is 391 Å². The average molecular weight is 900 g/mol. The summed E-state index contributed by atoms with van der Waals surface area (Å²) in [6.07, 6.45) is 9.14. The zero-order valence-electron chi connectivity index (χ0n) is 38.4. The van der Waals surface area contributed by atoms with Gasteiger partial charge in [-0.15, -0.1) is 0 Å². The largest absolute Gasteiger partial charge is 0.494 e. The van der Waals surface area contributed by atoms with E-state index in [1.165, 1.54) is 5.56 Å². The monoisotopic (exact) mass is 899 g/mol. The van der Waals surface area contributed by atoms with Gasteiger partial charge < -0.3 is 55.3 Å². The van der Waals surface area contributed by atoms with Crippen LogP contribution in [0.15, 0.2) is 134 Å². The Hall–Kier alpha value is -7.82. The molecule has 5 N–H and O–H groups in total. The number of amides is 1. The molecule has 0 saturated carbocycles. The van der Waals surface area contributed by atoms with E-state index >= 15 is 0 Å². The van der Waals surface area contributed by atoms with Crippen LogP contribution in [-0.2, 0) is 6.54 Å². The molecule has 5 heterocycles. The molecule has 0 spiro atoms. The molecule has 0 radical (unpaired) electrons. The first kappa shape index (κ1) is 44.4. The smallest absolute Gasteiger partial charge is 0.251 e. The normalized spacial score (nSPS) is 14.3. The minimum Gasteiger partial charge on any atom is -0.494 e. The van der Waals surface area contributed by atoms with E-state index in [-0.39, 0.29) is 5.91 Å². The number of carbonyl (C=O) groups excluding carboxylic acids is 1. The third kappa shape index (κ3) is 11.0. The molecule has 2 saturated heterocycles. The molecule has 4 aromatic carbocycles. The number of ether oxygens (including phenoxy) is 2. The standard InChI is InChI=1S/C51H57N13O3/c1-52-51(65)37-6-5-7-38(28-37)56-39-12-14-54-49(30-39)58-46-11-9-43(33-48(46)67-4)63-24-20-61(21-25-63)34-36-26-41(29-44(27-36)64-17-16-53-35-64)57-40-13-15-55-50(31-40)59-45-10-8-42(32-47(45)66-3)62-22-18-60(2)19-23-62/h5-17,26-33,35H,18-25,34H2,1-4H3,(H,52,65)(H2,54,56,58)(H2,55,57,59). The van der Waals surface area contributed by atoms with Crippen molar-refractivity contribution >= 4 is 63.0 Å². The summed E-state index contributed by atoms with van der Waals surface area (Å²) >= 11 is 0. The van der Waals surface area contributed by atoms with E-state index in [1.807, 2.05) is 71.8 Å². The van der Waals surface area contributed by atoms with Gasteiger partial charge in [-0.05, 0) is 85.4 Å². The van der Waals surface area contributed by atoms with E-state index in [4.69, 9.17) is 9.47 Å². The topological polar surface area (TPSA) is 152 Å². The van der Waals surface area contributed by atoms with Crippen LogP contribution < -0.4 is 45.9 Å². The quantitative estimate of drug-likeness (QED) is 0.0636. The third-order valence-corrected chi connectivity index (χ3v) is 12.1. The molecule has 16 nitrogen and oxygen atoms in total. The van der Waals surface area contributed by atoms with Crippen molar-refractivity contribution in [3.05, 3.63) is 145 Å². The second kappa shape index (κ2) is 20.6. The zero-order valence-corrected chi connectivity index (χ0v) is 38.4. The third-order valence-electron chi connectivity index (χ3n) is 12.1. The number of hydrogen-bond donors (Lipinski definition) is 5. The molecular weight excluding hydrogens is 843 g/mol. The molecule has 1 amide bonds. The fraction of sp³-hybridized carbons (Fsp3) is 0.255. The number of nitrogens with one attached hydrogen (secondary N) is 5. The SMILES string of the molecule is CNC(=O)c1cccc(Nc2ccnc(Nc3ccc(N4CCN(Cc5cc(Nc6ccnc(Nc7ccc(N8CCN(C)CC8)cc7OC)c6)cc(-n6ccnc6)c5)CC4)cc3OC)c2)c1. The zero-order chi connectivity index (χ0) is 46.1. The van der Waals surface area contributed by atoms with Gasteiger partial charge in [0, 0.05) is 160 Å². The number of methoxy groups -OCH3 is 2. The molecule has 2 aliphatic rings. The van der Waals surface area contributed by atoms with Crippen molar-refractivity contribution < 1.29 is 14.3 Å². The van der Waals surface area contributed by atoms with E-state index in [0.717, 1.165) is 122 Å². The van der Waals surface area contributed by atoms with Gasteiger partial charge in [0.1, 0.15) is 23.1 Å². The maximum Gasteiger partial charge on any atom is 0.251 e. The van der Waals surface area contributed by atoms with E-state index in [1.54, 1.807) is 39.7 Å². The predicted molar refractivity (Wildman–Crippen MR) is 268 cm³/mol. The highest BCUT2D eigenvalue weighted by atomic mass is 16.5. The van der Waals surface area contributed by atoms with Crippen molar-refractivity contribution in [3.63, 3.8) is 0 Å². The van der Waals surface area contributed by atoms with Crippen LogP contribution in [0.5, 0.6) is 11.5 Å². The van der Waals surface area contributed by atoms with E-state index in [9.17, 15) is 4.79 Å². The molecule has 0 atom stereocenters. The van der Waals surface area contributed by atoms with Crippen LogP contribution in [-0.4, -0.2) is 116 Å². The highest BCUT2D eigenvalue weighted by Gasteiger charge is 2.21. The maximum absolute atomic E-state index is 12.1. The summed E-state index contributed by atoms with van der Waals surface area (Å²) in [7, 11) is 7.18. The van der Waals surface area contributed by atoms with Gasteiger partial charge in [0.2, 0.25) is 0 Å². The average Bonchev–Trinajstić information content (AvgIpc) is 3.91. The highest BCUT2D eigenvalue weighted by molar-refractivity contribution is 5.95. The molecule has 3 aromatic heterocycles. The summed E-state index contributed by atoms with van der Waals surface area (Å²) in [5.74, 6) is 2.73. The Bertz CT molecular complexity index is 2790. The fourth-order valence-corrected chi connectivity index (χ4v) is 8.49. The molecule has 67 heavy (non-hydrogen) atoms. The van der Waals surface area contributed by atoms with Crippen molar-refractivity contribution in [2.24, 2.45) is 0 Å². The molecule has 344 valence electrons. The van der Waals surface area contributed by atoms with E-state index in [0.29, 0.717) is 17.2 Å². The maximum atomic E-state index is 12.1. The van der Waals surface area contributed by atoms with Gasteiger partial charge in [0.05, 0.1) is 31.9 Å². The minimum absolute atomic E-state index is 0.139. The van der Waals surface area contributed by atoms with Crippen LogP contribution in [0.25, 0.3) is 5.69 Å². The van der Waals surface area contributed by atoms with Gasteiger partial charge >= 0.3 is 0 Å². The van der Waals surface area contributed by atoms with Gasteiger partial charge in [-0.1, -0.05) is 6.07 Å². The Balaban J connectivity index is 0.833. The molecule has 2 fully saturated rings. The van der Waals surface area contributed by atoms with E-state index < -0.39 is 0 Å². The highest BCUT2D eigenvalue weighted by Crippen LogP contribution is 2.35. The van der Waals surface area contributed by atoms with Crippen molar-refractivity contribution in [2.45, 2.75) is 6.54 Å². The number of anilines is 10. The van der Waals surface area contributed by atoms with Crippen LogP contribution >= 0.6 is 0 Å². The lowest BCUT2D eigenvalue weighted by molar-refractivity contribution is 0.0963. The number of aromatic nitrogens is 4. The van der Waals surface area contributed by atoms with Gasteiger partial charge in [-0.25, -0.2) is 15.0 Å². The lowest BCUT2D eigenvalue weighted by Gasteiger charge is -2.36. The van der Waals surface area contributed by atoms with Crippen LogP contribution in [0.1, 0.15) is 15.9 Å². The number of hydrogen-bond acceptors (Lipinski definition) is 14. The number of benzene rings is 4. The van der Waals surface area contributed by atoms with Gasteiger partial charge in [-0.3, -0.25) is 9.69 Å². The Morgan fingerprint density at radius 2 is 1.19 bits per heavy atom. The lowest BCUT2D eigenvalue weighted by atomic mass is 10.1.